The van der Waals surface area contributed by atoms with Crippen LogP contribution in [0.15, 0.2) is 47.0 Å². The Hall–Kier alpha value is -2.81. The van der Waals surface area contributed by atoms with Crippen LogP contribution in [-0.4, -0.2) is 42.3 Å². The molecule has 0 bridgehead atoms. The molecule has 2 aromatic heterocycles. The minimum absolute atomic E-state index is 0.209. The van der Waals surface area contributed by atoms with Gasteiger partial charge in [0.15, 0.2) is 5.82 Å². The van der Waals surface area contributed by atoms with Crippen molar-refractivity contribution >= 4 is 22.6 Å². The molecule has 9 heteroatoms. The van der Waals surface area contributed by atoms with Gasteiger partial charge in [0, 0.05) is 25.0 Å². The number of aliphatic hydroxyl groups is 1. The predicted molar refractivity (Wildman–Crippen MR) is 113 cm³/mol. The van der Waals surface area contributed by atoms with Gasteiger partial charge in [-0.25, -0.2) is 9.37 Å². The second kappa shape index (κ2) is 8.03. The number of hydrogen-bond acceptors (Lipinski definition) is 6. The maximum absolute atomic E-state index is 13.3. The highest BCUT2D eigenvalue weighted by molar-refractivity contribution is 6.31. The fraction of sp³-hybridized carbons (Fsp3) is 0.318. The Morgan fingerprint density at radius 3 is 2.87 bits per heavy atom. The number of β-amino-alcohol motifs (C(OH)–C–C–N with tert-alkyl or cyclic N) is 1. The van der Waals surface area contributed by atoms with E-state index >= 15 is 0 Å². The minimum Gasteiger partial charge on any atom is -0.392 e. The zero-order valence-corrected chi connectivity index (χ0v) is 17.6. The first-order valence-corrected chi connectivity index (χ1v) is 10.4. The second-order valence-electron chi connectivity index (χ2n) is 7.87. The molecule has 0 amide bonds. The molecular weight excluding hydrogens is 421 g/mol. The molecule has 31 heavy (non-hydrogen) atoms. The summed E-state index contributed by atoms with van der Waals surface area (Å²) in [7, 11) is 1.99. The van der Waals surface area contributed by atoms with E-state index < -0.39 is 6.10 Å². The average Bonchev–Trinajstić information content (AvgIpc) is 3.43. The molecule has 1 fully saturated rings. The smallest absolute Gasteiger partial charge is 0.244 e. The van der Waals surface area contributed by atoms with Crippen LogP contribution in [0, 0.1) is 5.82 Å². The fourth-order valence-electron chi connectivity index (χ4n) is 4.14. The topological polar surface area (TPSA) is 80.2 Å². The van der Waals surface area contributed by atoms with Crippen LogP contribution in [-0.2, 0) is 20.0 Å². The summed E-state index contributed by atoms with van der Waals surface area (Å²) in [5.74, 6) is 1.43. The molecule has 0 unspecified atom stereocenters. The predicted octanol–water partition coefficient (Wildman–Crippen LogP) is 3.65. The molecule has 0 saturated carbocycles. The highest BCUT2D eigenvalue weighted by atomic mass is 35.5. The molecule has 7 nitrogen and oxygen atoms in total. The van der Waals surface area contributed by atoms with Gasteiger partial charge in [0.2, 0.25) is 5.89 Å². The highest BCUT2D eigenvalue weighted by Gasteiger charge is 2.36. The Morgan fingerprint density at radius 2 is 2.06 bits per heavy atom. The normalized spacial score (nSPS) is 19.5. The number of likely N-dealkylation sites (tertiary alicyclic amines) is 1. The van der Waals surface area contributed by atoms with Crippen molar-refractivity contribution in [1.82, 2.24) is 24.6 Å². The Balaban J connectivity index is 1.37. The Kier molecular flexibility index (Phi) is 5.21. The number of halogens is 2. The number of imidazole rings is 1. The molecule has 1 N–H and O–H groups in total. The van der Waals surface area contributed by atoms with Gasteiger partial charge in [0.05, 0.1) is 29.7 Å². The van der Waals surface area contributed by atoms with Crippen molar-refractivity contribution in [1.29, 1.82) is 0 Å². The van der Waals surface area contributed by atoms with Crippen molar-refractivity contribution in [3.8, 4) is 0 Å². The summed E-state index contributed by atoms with van der Waals surface area (Å²) in [6, 6.07) is 12.0. The van der Waals surface area contributed by atoms with Gasteiger partial charge in [0.1, 0.15) is 11.6 Å². The average molecular weight is 442 g/mol. The zero-order chi connectivity index (χ0) is 21.5. The number of para-hydroxylation sites is 2. The van der Waals surface area contributed by atoms with E-state index in [-0.39, 0.29) is 11.9 Å². The fourth-order valence-corrected chi connectivity index (χ4v) is 4.37. The van der Waals surface area contributed by atoms with E-state index in [1.54, 1.807) is 6.07 Å². The van der Waals surface area contributed by atoms with Crippen LogP contribution >= 0.6 is 11.6 Å². The van der Waals surface area contributed by atoms with Crippen LogP contribution in [0.25, 0.3) is 11.0 Å². The maximum atomic E-state index is 13.3. The summed E-state index contributed by atoms with van der Waals surface area (Å²) >= 11 is 6.12. The number of nitrogens with zero attached hydrogens (tertiary/aromatic N) is 5. The molecule has 3 heterocycles. The lowest BCUT2D eigenvalue weighted by Gasteiger charge is -2.20. The number of aliphatic hydroxyl groups excluding tert-OH is 1. The molecule has 4 aromatic rings. The molecule has 2 aromatic carbocycles. The first-order valence-electron chi connectivity index (χ1n) is 10.1. The first kappa shape index (κ1) is 20.1. The van der Waals surface area contributed by atoms with Crippen LogP contribution < -0.4 is 0 Å². The SMILES string of the molecule is Cn1c(CN2C[C@H](O)C[C@H]2c2nc(Cc3ccc(F)cc3Cl)no2)nc2ccccc21. The quantitative estimate of drug-likeness (QED) is 0.509. The van der Waals surface area contributed by atoms with E-state index in [1.165, 1.54) is 12.1 Å². The molecule has 160 valence electrons. The number of rotatable bonds is 5. The first-order chi connectivity index (χ1) is 15.0. The third-order valence-electron chi connectivity index (χ3n) is 5.74. The van der Waals surface area contributed by atoms with E-state index in [1.807, 2.05) is 31.3 Å². The molecule has 5 rings (SSSR count). The molecular formula is C22H21ClFN5O2. The van der Waals surface area contributed by atoms with E-state index in [9.17, 15) is 9.50 Å². The van der Waals surface area contributed by atoms with E-state index in [0.29, 0.717) is 42.7 Å². The number of hydrogen-bond donors (Lipinski definition) is 1. The lowest BCUT2D eigenvalue weighted by molar-refractivity contribution is 0.167. The lowest BCUT2D eigenvalue weighted by atomic mass is 10.1. The summed E-state index contributed by atoms with van der Waals surface area (Å²) in [5, 5.41) is 14.7. The molecule has 1 aliphatic heterocycles. The van der Waals surface area contributed by atoms with Gasteiger partial charge in [-0.3, -0.25) is 4.90 Å². The van der Waals surface area contributed by atoms with Crippen molar-refractivity contribution in [3.05, 3.63) is 76.4 Å². The standard InChI is InChI=1S/C22H21ClFN5O2/c1-28-18-5-3-2-4-17(18)25-21(28)12-29-11-15(30)10-19(29)22-26-20(27-31-22)8-13-6-7-14(24)9-16(13)23/h2-7,9,15,19,30H,8,10-12H2,1H3/t15-,19+/m1/s1. The number of benzene rings is 2. The molecule has 1 aliphatic rings. The zero-order valence-electron chi connectivity index (χ0n) is 16.9. The monoisotopic (exact) mass is 441 g/mol. The van der Waals surface area contributed by atoms with E-state index in [4.69, 9.17) is 21.1 Å². The molecule has 0 radical (unpaired) electrons. The van der Waals surface area contributed by atoms with E-state index in [2.05, 4.69) is 19.6 Å². The Bertz CT molecular complexity index is 1240. The van der Waals surface area contributed by atoms with E-state index in [0.717, 1.165) is 22.4 Å². The van der Waals surface area contributed by atoms with Crippen molar-refractivity contribution < 1.29 is 14.0 Å². The lowest BCUT2D eigenvalue weighted by Crippen LogP contribution is -2.26. The maximum Gasteiger partial charge on any atom is 0.244 e. The molecule has 2 atom stereocenters. The van der Waals surface area contributed by atoms with Gasteiger partial charge in [-0.05, 0) is 36.2 Å². The van der Waals surface area contributed by atoms with Gasteiger partial charge >= 0.3 is 0 Å². The third kappa shape index (κ3) is 3.94. The van der Waals surface area contributed by atoms with Crippen molar-refractivity contribution in [2.45, 2.75) is 31.5 Å². The highest BCUT2D eigenvalue weighted by Crippen LogP contribution is 2.33. The molecule has 1 saturated heterocycles. The number of fused-ring (bicyclic) bond motifs is 1. The largest absolute Gasteiger partial charge is 0.392 e. The molecule has 0 aliphatic carbocycles. The third-order valence-corrected chi connectivity index (χ3v) is 6.09. The summed E-state index contributed by atoms with van der Waals surface area (Å²) in [5.41, 5.74) is 2.72. The summed E-state index contributed by atoms with van der Waals surface area (Å²) in [6.45, 7) is 1.05. The van der Waals surface area contributed by atoms with Gasteiger partial charge in [-0.15, -0.1) is 0 Å². The van der Waals surface area contributed by atoms with Gasteiger partial charge in [-0.1, -0.05) is 35.0 Å². The number of aromatic nitrogens is 4. The van der Waals surface area contributed by atoms with Crippen LogP contribution in [0.4, 0.5) is 4.39 Å². The second-order valence-corrected chi connectivity index (χ2v) is 8.28. The van der Waals surface area contributed by atoms with Crippen molar-refractivity contribution in [3.63, 3.8) is 0 Å². The van der Waals surface area contributed by atoms with Crippen LogP contribution in [0.2, 0.25) is 5.02 Å². The Morgan fingerprint density at radius 1 is 1.23 bits per heavy atom. The van der Waals surface area contributed by atoms with Crippen LogP contribution in [0.5, 0.6) is 0 Å². The Labute approximate surface area is 183 Å². The van der Waals surface area contributed by atoms with Crippen molar-refractivity contribution in [2.75, 3.05) is 6.54 Å². The summed E-state index contributed by atoms with van der Waals surface area (Å²) < 4.78 is 20.9. The minimum atomic E-state index is -0.485. The number of aryl methyl sites for hydroxylation is 1. The molecule has 0 spiro atoms. The van der Waals surface area contributed by atoms with Gasteiger partial charge in [-0.2, -0.15) is 4.98 Å². The van der Waals surface area contributed by atoms with Gasteiger partial charge in [0.25, 0.3) is 0 Å². The van der Waals surface area contributed by atoms with Crippen LogP contribution in [0.1, 0.15) is 35.6 Å². The summed E-state index contributed by atoms with van der Waals surface area (Å²) in [4.78, 5) is 11.4. The van der Waals surface area contributed by atoms with Crippen LogP contribution in [0.3, 0.4) is 0 Å². The van der Waals surface area contributed by atoms with Gasteiger partial charge < -0.3 is 14.2 Å². The summed E-state index contributed by atoms with van der Waals surface area (Å²) in [6.07, 6.45) is 0.354. The van der Waals surface area contributed by atoms with Crippen molar-refractivity contribution in [2.24, 2.45) is 7.05 Å².